The highest BCUT2D eigenvalue weighted by Gasteiger charge is 2.20. The third kappa shape index (κ3) is 3.49. The lowest BCUT2D eigenvalue weighted by molar-refractivity contribution is -0.0865. The molecule has 9 heavy (non-hydrogen) atoms. The third-order valence-electron chi connectivity index (χ3n) is 1.58. The summed E-state index contributed by atoms with van der Waals surface area (Å²) in [6.45, 7) is 2.37. The van der Waals surface area contributed by atoms with E-state index in [4.69, 9.17) is 9.84 Å². The van der Waals surface area contributed by atoms with Gasteiger partial charge in [0, 0.05) is 6.61 Å². The van der Waals surface area contributed by atoms with Gasteiger partial charge in [-0.1, -0.05) is 12.8 Å². The Balaban J connectivity index is 1.81. The van der Waals surface area contributed by atoms with Gasteiger partial charge in [0.25, 0.3) is 0 Å². The van der Waals surface area contributed by atoms with Crippen LogP contribution in [-0.2, 0) is 4.74 Å². The third-order valence-corrected chi connectivity index (χ3v) is 1.58. The predicted molar refractivity (Wildman–Crippen MR) is 35.0 cm³/mol. The fourth-order valence-electron chi connectivity index (χ4n) is 0.812. The van der Waals surface area contributed by atoms with Gasteiger partial charge in [-0.25, -0.2) is 0 Å². The van der Waals surface area contributed by atoms with Crippen LogP contribution in [0.15, 0.2) is 0 Å². The fourth-order valence-corrected chi connectivity index (χ4v) is 0.812. The van der Waals surface area contributed by atoms with Crippen molar-refractivity contribution in [3.63, 3.8) is 0 Å². The van der Waals surface area contributed by atoms with Gasteiger partial charge >= 0.3 is 0 Å². The molecule has 1 unspecified atom stereocenters. The first-order valence-corrected chi connectivity index (χ1v) is 3.58. The molecule has 0 saturated heterocycles. The van der Waals surface area contributed by atoms with Gasteiger partial charge in [-0.05, 0) is 19.3 Å². The van der Waals surface area contributed by atoms with Gasteiger partial charge in [-0.3, -0.25) is 0 Å². The molecule has 0 aliphatic heterocycles. The second-order valence-corrected chi connectivity index (χ2v) is 2.70. The predicted octanol–water partition coefficient (Wildman–Crippen LogP) is 1.14. The molecule has 0 heterocycles. The lowest BCUT2D eigenvalue weighted by Crippen LogP contribution is -2.07. The molecule has 0 aromatic rings. The highest BCUT2D eigenvalue weighted by atomic mass is 16.6. The number of hydrogen-bond donors (Lipinski definition) is 1. The quantitative estimate of drug-likeness (QED) is 0.578. The molecule has 54 valence electrons. The van der Waals surface area contributed by atoms with Crippen molar-refractivity contribution < 1.29 is 9.84 Å². The van der Waals surface area contributed by atoms with Crippen LogP contribution in [0.25, 0.3) is 0 Å². The standard InChI is InChI=1S/C7H14O2/c1-6(8)9-5-4-7-2-3-7/h6-8H,2-5H2,1H3. The van der Waals surface area contributed by atoms with Crippen LogP contribution in [0.3, 0.4) is 0 Å². The van der Waals surface area contributed by atoms with E-state index in [1.807, 2.05) is 0 Å². The van der Waals surface area contributed by atoms with Gasteiger partial charge in [0.2, 0.25) is 0 Å². The zero-order valence-corrected chi connectivity index (χ0v) is 5.84. The molecule has 2 heteroatoms. The Morgan fingerprint density at radius 3 is 2.78 bits per heavy atom. The zero-order chi connectivity index (χ0) is 6.69. The molecule has 0 amide bonds. The summed E-state index contributed by atoms with van der Waals surface area (Å²) < 4.78 is 4.95. The van der Waals surface area contributed by atoms with E-state index in [-0.39, 0.29) is 0 Å². The minimum absolute atomic E-state index is 0.580. The second kappa shape index (κ2) is 3.18. The molecule has 1 atom stereocenters. The number of aliphatic hydroxyl groups is 1. The maximum Gasteiger partial charge on any atom is 0.151 e. The van der Waals surface area contributed by atoms with Gasteiger partial charge in [-0.15, -0.1) is 0 Å². The van der Waals surface area contributed by atoms with Crippen LogP contribution < -0.4 is 0 Å². The minimum Gasteiger partial charge on any atom is -0.368 e. The van der Waals surface area contributed by atoms with E-state index < -0.39 is 6.29 Å². The summed E-state index contributed by atoms with van der Waals surface area (Å²) in [7, 11) is 0. The minimum atomic E-state index is -0.580. The van der Waals surface area contributed by atoms with Crippen molar-refractivity contribution in [3.8, 4) is 0 Å². The molecular formula is C7H14O2. The van der Waals surface area contributed by atoms with Crippen LogP contribution in [0.5, 0.6) is 0 Å². The van der Waals surface area contributed by atoms with Crippen molar-refractivity contribution in [3.05, 3.63) is 0 Å². The molecule has 2 nitrogen and oxygen atoms in total. The van der Waals surface area contributed by atoms with Crippen LogP contribution >= 0.6 is 0 Å². The number of rotatable bonds is 4. The highest BCUT2D eigenvalue weighted by Crippen LogP contribution is 2.32. The normalized spacial score (nSPS) is 22.0. The number of ether oxygens (including phenoxy) is 1. The number of aliphatic hydroxyl groups excluding tert-OH is 1. The van der Waals surface area contributed by atoms with Gasteiger partial charge in [0.15, 0.2) is 6.29 Å². The highest BCUT2D eigenvalue weighted by molar-refractivity contribution is 4.72. The molecular weight excluding hydrogens is 116 g/mol. The number of hydrogen-bond acceptors (Lipinski definition) is 2. The van der Waals surface area contributed by atoms with Crippen molar-refractivity contribution in [1.82, 2.24) is 0 Å². The first kappa shape index (κ1) is 7.03. The Morgan fingerprint density at radius 2 is 2.33 bits per heavy atom. The van der Waals surface area contributed by atoms with Gasteiger partial charge in [0.1, 0.15) is 0 Å². The summed E-state index contributed by atoms with van der Waals surface area (Å²) in [5.74, 6) is 0.906. The largest absolute Gasteiger partial charge is 0.368 e. The molecule has 1 aliphatic carbocycles. The monoisotopic (exact) mass is 130 g/mol. The van der Waals surface area contributed by atoms with E-state index in [0.717, 1.165) is 18.9 Å². The van der Waals surface area contributed by atoms with Crippen molar-refractivity contribution in [1.29, 1.82) is 0 Å². The van der Waals surface area contributed by atoms with Crippen molar-refractivity contribution in [2.75, 3.05) is 6.61 Å². The lowest BCUT2D eigenvalue weighted by Gasteiger charge is -2.04. The van der Waals surface area contributed by atoms with E-state index in [2.05, 4.69) is 0 Å². The molecule has 1 fully saturated rings. The average molecular weight is 130 g/mol. The van der Waals surface area contributed by atoms with Crippen LogP contribution in [-0.4, -0.2) is 18.0 Å². The Morgan fingerprint density at radius 1 is 1.67 bits per heavy atom. The Labute approximate surface area is 55.8 Å². The Kier molecular flexibility index (Phi) is 2.49. The summed E-state index contributed by atoms with van der Waals surface area (Å²) in [5, 5.41) is 8.66. The maximum atomic E-state index is 8.66. The van der Waals surface area contributed by atoms with Crippen LogP contribution in [0.1, 0.15) is 26.2 Å². The summed E-state index contributed by atoms with van der Waals surface area (Å²) in [4.78, 5) is 0. The van der Waals surface area contributed by atoms with Crippen molar-refractivity contribution >= 4 is 0 Å². The van der Waals surface area contributed by atoms with Gasteiger partial charge in [0.05, 0.1) is 0 Å². The molecule has 1 saturated carbocycles. The summed E-state index contributed by atoms with van der Waals surface area (Å²) in [6, 6.07) is 0. The van der Waals surface area contributed by atoms with Crippen LogP contribution in [0, 0.1) is 5.92 Å². The Hall–Kier alpha value is -0.0800. The maximum absolute atomic E-state index is 8.66. The van der Waals surface area contributed by atoms with E-state index >= 15 is 0 Å². The molecule has 0 bridgehead atoms. The van der Waals surface area contributed by atoms with E-state index in [1.54, 1.807) is 6.92 Å². The average Bonchev–Trinajstić information content (AvgIpc) is 2.48. The lowest BCUT2D eigenvalue weighted by atomic mass is 10.3. The molecule has 1 N–H and O–H groups in total. The summed E-state index contributed by atoms with van der Waals surface area (Å²) in [5.41, 5.74) is 0. The topological polar surface area (TPSA) is 29.5 Å². The molecule has 0 aromatic carbocycles. The first-order chi connectivity index (χ1) is 4.29. The molecule has 0 spiro atoms. The fraction of sp³-hybridized carbons (Fsp3) is 1.00. The van der Waals surface area contributed by atoms with Crippen LogP contribution in [0.4, 0.5) is 0 Å². The summed E-state index contributed by atoms with van der Waals surface area (Å²) in [6.07, 6.45) is 3.28. The van der Waals surface area contributed by atoms with Gasteiger partial charge in [-0.2, -0.15) is 0 Å². The van der Waals surface area contributed by atoms with E-state index in [9.17, 15) is 0 Å². The summed E-state index contributed by atoms with van der Waals surface area (Å²) >= 11 is 0. The smallest absolute Gasteiger partial charge is 0.151 e. The molecule has 1 aliphatic rings. The van der Waals surface area contributed by atoms with E-state index in [1.165, 1.54) is 12.8 Å². The molecule has 0 radical (unpaired) electrons. The zero-order valence-electron chi connectivity index (χ0n) is 5.84. The molecule has 0 aromatic heterocycles. The Bertz CT molecular complexity index is 75.0. The van der Waals surface area contributed by atoms with Crippen molar-refractivity contribution in [2.45, 2.75) is 32.5 Å². The second-order valence-electron chi connectivity index (χ2n) is 2.70. The molecule has 1 rings (SSSR count). The van der Waals surface area contributed by atoms with E-state index in [0.29, 0.717) is 0 Å². The SMILES string of the molecule is CC(O)OCCC1CC1. The van der Waals surface area contributed by atoms with Gasteiger partial charge < -0.3 is 9.84 Å². The first-order valence-electron chi connectivity index (χ1n) is 3.58. The van der Waals surface area contributed by atoms with Crippen molar-refractivity contribution in [2.24, 2.45) is 5.92 Å². The van der Waals surface area contributed by atoms with Crippen LogP contribution in [0.2, 0.25) is 0 Å².